The van der Waals surface area contributed by atoms with Crippen LogP contribution in [0.15, 0.2) is 15.9 Å². The summed E-state index contributed by atoms with van der Waals surface area (Å²) in [5, 5.41) is 12.8. The molecule has 0 aromatic carbocycles. The van der Waals surface area contributed by atoms with Gasteiger partial charge in [-0.1, -0.05) is 0 Å². The smallest absolute Gasteiger partial charge is 0.303 e. The first-order valence-electron chi connectivity index (χ1n) is 4.39. The average Bonchev–Trinajstić information content (AvgIpc) is 2.50. The SMILES string of the molecule is O=C(O)CCCCNc1ccc(Br)s1. The van der Waals surface area contributed by atoms with Gasteiger partial charge in [0.2, 0.25) is 0 Å². The number of hydrogen-bond acceptors (Lipinski definition) is 3. The maximum absolute atomic E-state index is 10.2. The second kappa shape index (κ2) is 6.03. The number of aliphatic carboxylic acids is 1. The Morgan fingerprint density at radius 3 is 2.86 bits per heavy atom. The van der Waals surface area contributed by atoms with Crippen molar-refractivity contribution in [1.29, 1.82) is 0 Å². The lowest BCUT2D eigenvalue weighted by molar-refractivity contribution is -0.137. The third-order valence-corrected chi connectivity index (χ3v) is 3.27. The van der Waals surface area contributed by atoms with E-state index in [1.54, 1.807) is 11.3 Å². The molecule has 1 aromatic heterocycles. The molecule has 2 N–H and O–H groups in total. The molecule has 0 spiro atoms. The highest BCUT2D eigenvalue weighted by Gasteiger charge is 1.98. The molecule has 1 heterocycles. The molecule has 0 atom stereocenters. The van der Waals surface area contributed by atoms with Crippen LogP contribution >= 0.6 is 27.3 Å². The van der Waals surface area contributed by atoms with Gasteiger partial charge < -0.3 is 10.4 Å². The van der Waals surface area contributed by atoms with Crippen molar-refractivity contribution in [3.8, 4) is 0 Å². The summed E-state index contributed by atoms with van der Waals surface area (Å²) in [6, 6.07) is 4.00. The van der Waals surface area contributed by atoms with Crippen LogP contribution in [0.25, 0.3) is 0 Å². The fourth-order valence-corrected chi connectivity index (χ4v) is 2.33. The lowest BCUT2D eigenvalue weighted by Gasteiger charge is -2.01. The van der Waals surface area contributed by atoms with Crippen molar-refractivity contribution in [3.63, 3.8) is 0 Å². The van der Waals surface area contributed by atoms with Gasteiger partial charge >= 0.3 is 5.97 Å². The van der Waals surface area contributed by atoms with Crippen molar-refractivity contribution in [2.45, 2.75) is 19.3 Å². The molecule has 0 fully saturated rings. The number of anilines is 1. The number of thiophene rings is 1. The number of rotatable bonds is 6. The fourth-order valence-electron chi connectivity index (χ4n) is 1.02. The number of halogens is 1. The highest BCUT2D eigenvalue weighted by molar-refractivity contribution is 9.11. The summed E-state index contributed by atoms with van der Waals surface area (Å²) in [4.78, 5) is 10.2. The van der Waals surface area contributed by atoms with E-state index < -0.39 is 5.97 Å². The molecule has 0 aliphatic heterocycles. The lowest BCUT2D eigenvalue weighted by Crippen LogP contribution is -2.01. The second-order valence-corrected chi connectivity index (χ2v) is 5.34. The Kier molecular flexibility index (Phi) is 4.97. The van der Waals surface area contributed by atoms with Gasteiger partial charge in [0, 0.05) is 13.0 Å². The summed E-state index contributed by atoms with van der Waals surface area (Å²) in [7, 11) is 0. The fraction of sp³-hybridized carbons (Fsp3) is 0.444. The molecule has 0 bridgehead atoms. The van der Waals surface area contributed by atoms with Crippen LogP contribution in [-0.2, 0) is 4.79 Å². The van der Waals surface area contributed by atoms with Crippen molar-refractivity contribution in [1.82, 2.24) is 0 Å². The quantitative estimate of drug-likeness (QED) is 0.786. The zero-order valence-corrected chi connectivity index (χ0v) is 10.0. The molecular weight excluding hydrogens is 266 g/mol. The number of nitrogens with one attached hydrogen (secondary N) is 1. The lowest BCUT2D eigenvalue weighted by atomic mass is 10.2. The van der Waals surface area contributed by atoms with Crippen LogP contribution in [-0.4, -0.2) is 17.6 Å². The van der Waals surface area contributed by atoms with E-state index in [1.165, 1.54) is 0 Å². The van der Waals surface area contributed by atoms with Crippen molar-refractivity contribution in [2.24, 2.45) is 0 Å². The standard InChI is InChI=1S/C9H12BrNO2S/c10-7-4-5-8(14-7)11-6-2-1-3-9(12)13/h4-5,11H,1-3,6H2,(H,12,13). The number of hydrogen-bond donors (Lipinski definition) is 2. The molecular formula is C9H12BrNO2S. The second-order valence-electron chi connectivity index (χ2n) is 2.88. The Morgan fingerprint density at radius 2 is 2.29 bits per heavy atom. The van der Waals surface area contributed by atoms with Crippen molar-refractivity contribution in [3.05, 3.63) is 15.9 Å². The minimum absolute atomic E-state index is 0.260. The van der Waals surface area contributed by atoms with Gasteiger partial charge in [0.1, 0.15) is 0 Å². The minimum atomic E-state index is -0.719. The Morgan fingerprint density at radius 1 is 1.50 bits per heavy atom. The zero-order chi connectivity index (χ0) is 10.4. The molecule has 1 aromatic rings. The largest absolute Gasteiger partial charge is 0.481 e. The van der Waals surface area contributed by atoms with Crippen molar-refractivity contribution in [2.75, 3.05) is 11.9 Å². The Balaban J connectivity index is 2.07. The van der Waals surface area contributed by atoms with Crippen LogP contribution in [0.2, 0.25) is 0 Å². The van der Waals surface area contributed by atoms with Crippen LogP contribution < -0.4 is 5.32 Å². The summed E-state index contributed by atoms with van der Waals surface area (Å²) in [5.41, 5.74) is 0. The van der Waals surface area contributed by atoms with Crippen LogP contribution in [0, 0.1) is 0 Å². The summed E-state index contributed by atoms with van der Waals surface area (Å²) in [6.07, 6.45) is 1.88. The number of carboxylic acid groups (broad SMARTS) is 1. The van der Waals surface area contributed by atoms with Gasteiger partial charge in [0.25, 0.3) is 0 Å². The predicted octanol–water partition coefficient (Wildman–Crippen LogP) is 3.18. The number of carboxylic acids is 1. The third kappa shape index (κ3) is 4.62. The molecule has 0 amide bonds. The molecule has 0 aliphatic carbocycles. The van der Waals surface area contributed by atoms with Crippen LogP contribution in [0.5, 0.6) is 0 Å². The molecule has 14 heavy (non-hydrogen) atoms. The average molecular weight is 278 g/mol. The van der Waals surface area contributed by atoms with Gasteiger partial charge in [-0.3, -0.25) is 4.79 Å². The normalized spacial score (nSPS) is 10.1. The molecule has 78 valence electrons. The molecule has 0 radical (unpaired) electrons. The Hall–Kier alpha value is -0.550. The topological polar surface area (TPSA) is 49.3 Å². The monoisotopic (exact) mass is 277 g/mol. The van der Waals surface area contributed by atoms with Gasteiger partial charge in [0.15, 0.2) is 0 Å². The predicted molar refractivity (Wildman–Crippen MR) is 62.0 cm³/mol. The van der Waals surface area contributed by atoms with E-state index in [0.717, 1.165) is 28.2 Å². The van der Waals surface area contributed by atoms with E-state index in [0.29, 0.717) is 0 Å². The van der Waals surface area contributed by atoms with Gasteiger partial charge in [-0.05, 0) is 40.9 Å². The van der Waals surface area contributed by atoms with E-state index in [9.17, 15) is 4.79 Å². The van der Waals surface area contributed by atoms with Gasteiger partial charge in [-0.25, -0.2) is 0 Å². The van der Waals surface area contributed by atoms with Crippen molar-refractivity contribution < 1.29 is 9.90 Å². The third-order valence-electron chi connectivity index (χ3n) is 1.69. The highest BCUT2D eigenvalue weighted by Crippen LogP contribution is 2.26. The molecule has 0 saturated carbocycles. The van der Waals surface area contributed by atoms with Gasteiger partial charge in [-0.15, -0.1) is 11.3 Å². The van der Waals surface area contributed by atoms with Crippen LogP contribution in [0.4, 0.5) is 5.00 Å². The Bertz CT molecular complexity index is 301. The maximum Gasteiger partial charge on any atom is 0.303 e. The summed E-state index contributed by atoms with van der Waals surface area (Å²) in [6.45, 7) is 0.834. The first kappa shape index (κ1) is 11.5. The molecule has 0 unspecified atom stereocenters. The first-order chi connectivity index (χ1) is 6.68. The van der Waals surface area contributed by atoms with Gasteiger partial charge in [-0.2, -0.15) is 0 Å². The van der Waals surface area contributed by atoms with E-state index in [1.807, 2.05) is 12.1 Å². The van der Waals surface area contributed by atoms with E-state index in [4.69, 9.17) is 5.11 Å². The Labute approximate surface area is 95.3 Å². The number of carbonyl (C=O) groups is 1. The molecule has 3 nitrogen and oxygen atoms in total. The molecule has 0 aliphatic rings. The first-order valence-corrected chi connectivity index (χ1v) is 6.00. The minimum Gasteiger partial charge on any atom is -0.481 e. The van der Waals surface area contributed by atoms with E-state index in [-0.39, 0.29) is 6.42 Å². The maximum atomic E-state index is 10.2. The molecule has 5 heteroatoms. The van der Waals surface area contributed by atoms with Gasteiger partial charge in [0.05, 0.1) is 8.79 Å². The van der Waals surface area contributed by atoms with E-state index >= 15 is 0 Å². The molecule has 0 saturated heterocycles. The van der Waals surface area contributed by atoms with Crippen LogP contribution in [0.3, 0.4) is 0 Å². The zero-order valence-electron chi connectivity index (χ0n) is 7.62. The summed E-state index contributed by atoms with van der Waals surface area (Å²) >= 11 is 5.02. The molecule has 1 rings (SSSR count). The number of unbranched alkanes of at least 4 members (excludes halogenated alkanes) is 1. The van der Waals surface area contributed by atoms with E-state index in [2.05, 4.69) is 21.2 Å². The van der Waals surface area contributed by atoms with Crippen molar-refractivity contribution >= 4 is 38.2 Å². The summed E-state index contributed by atoms with van der Waals surface area (Å²) in [5.74, 6) is -0.719. The highest BCUT2D eigenvalue weighted by atomic mass is 79.9. The summed E-state index contributed by atoms with van der Waals surface area (Å²) < 4.78 is 1.10. The van der Waals surface area contributed by atoms with Crippen LogP contribution in [0.1, 0.15) is 19.3 Å².